The van der Waals surface area contributed by atoms with E-state index in [2.05, 4.69) is 29.6 Å². The highest BCUT2D eigenvalue weighted by atomic mass is 16.1. The second-order valence-electron chi connectivity index (χ2n) is 3.50. The molecule has 0 radical (unpaired) electrons. The third-order valence-electron chi connectivity index (χ3n) is 2.44. The summed E-state index contributed by atoms with van der Waals surface area (Å²) in [7, 11) is 0. The number of allylic oxidation sites excluding steroid dienone is 3. The van der Waals surface area contributed by atoms with Crippen molar-refractivity contribution in [1.29, 1.82) is 0 Å². The first-order valence-corrected chi connectivity index (χ1v) is 4.63. The lowest BCUT2D eigenvalue weighted by Crippen LogP contribution is -2.32. The molecule has 1 aliphatic carbocycles. The Morgan fingerprint density at radius 1 is 1.46 bits per heavy atom. The van der Waals surface area contributed by atoms with Crippen LogP contribution < -0.4 is 5.32 Å². The van der Waals surface area contributed by atoms with Gasteiger partial charge in [-0.2, -0.15) is 0 Å². The molecular weight excluding hydrogens is 162 g/mol. The quantitative estimate of drug-likeness (QED) is 0.607. The smallest absolute Gasteiger partial charge is 0.137 e. The molecule has 0 aromatic carbocycles. The Hall–Kier alpha value is -1.15. The Kier molecular flexibility index (Phi) is 2.41. The van der Waals surface area contributed by atoms with Crippen molar-refractivity contribution in [2.75, 3.05) is 6.54 Å². The van der Waals surface area contributed by atoms with Crippen molar-refractivity contribution in [3.05, 3.63) is 36.0 Å². The topological polar surface area (TPSA) is 29.1 Å². The van der Waals surface area contributed by atoms with E-state index in [9.17, 15) is 4.79 Å². The zero-order valence-electron chi connectivity index (χ0n) is 7.44. The molecule has 68 valence electrons. The van der Waals surface area contributed by atoms with Crippen molar-refractivity contribution in [2.24, 2.45) is 5.92 Å². The number of hydrogen-bond donors (Lipinski definition) is 1. The number of hydrogen-bond acceptors (Lipinski definition) is 2. The Labute approximate surface area is 78.0 Å². The minimum absolute atomic E-state index is 0.00704. The Morgan fingerprint density at radius 2 is 2.38 bits per heavy atom. The minimum Gasteiger partial charge on any atom is -0.307 e. The lowest BCUT2D eigenvalue weighted by Gasteiger charge is -2.10. The van der Waals surface area contributed by atoms with Gasteiger partial charge in [-0.05, 0) is 12.0 Å². The van der Waals surface area contributed by atoms with Crippen LogP contribution in [0.3, 0.4) is 0 Å². The van der Waals surface area contributed by atoms with E-state index >= 15 is 0 Å². The first-order chi connectivity index (χ1) is 6.38. The molecule has 0 spiro atoms. The average molecular weight is 175 g/mol. The highest BCUT2D eigenvalue weighted by Gasteiger charge is 2.16. The van der Waals surface area contributed by atoms with E-state index in [4.69, 9.17) is 0 Å². The fourth-order valence-electron chi connectivity index (χ4n) is 1.74. The van der Waals surface area contributed by atoms with E-state index in [1.54, 1.807) is 0 Å². The number of nitrogens with one attached hydrogen (secondary N) is 1. The monoisotopic (exact) mass is 175 g/mol. The molecule has 0 aromatic rings. The molecule has 2 atom stereocenters. The van der Waals surface area contributed by atoms with Crippen LogP contribution >= 0.6 is 0 Å². The summed E-state index contributed by atoms with van der Waals surface area (Å²) >= 11 is 0. The van der Waals surface area contributed by atoms with Crippen LogP contribution in [0.4, 0.5) is 0 Å². The first-order valence-electron chi connectivity index (χ1n) is 4.63. The van der Waals surface area contributed by atoms with E-state index in [1.807, 2.05) is 6.08 Å². The van der Waals surface area contributed by atoms with Gasteiger partial charge in [-0.3, -0.25) is 0 Å². The summed E-state index contributed by atoms with van der Waals surface area (Å²) in [6, 6.07) is -0.00704. The molecule has 2 aliphatic rings. The fourth-order valence-corrected chi connectivity index (χ4v) is 1.74. The molecule has 0 amide bonds. The number of carbonyl (C=O) groups excluding carboxylic acids is 1. The molecule has 0 saturated heterocycles. The summed E-state index contributed by atoms with van der Waals surface area (Å²) in [4.78, 5) is 10.7. The van der Waals surface area contributed by atoms with Gasteiger partial charge in [-0.1, -0.05) is 30.4 Å². The minimum atomic E-state index is -0.00704. The van der Waals surface area contributed by atoms with Gasteiger partial charge in [0.25, 0.3) is 0 Å². The van der Waals surface area contributed by atoms with Crippen LogP contribution in [-0.4, -0.2) is 18.9 Å². The molecule has 0 saturated carbocycles. The van der Waals surface area contributed by atoms with Crippen LogP contribution in [0.15, 0.2) is 36.0 Å². The highest BCUT2D eigenvalue weighted by Crippen LogP contribution is 2.18. The molecular formula is C11H13NO. The largest absolute Gasteiger partial charge is 0.307 e. The van der Waals surface area contributed by atoms with E-state index in [0.29, 0.717) is 5.92 Å². The summed E-state index contributed by atoms with van der Waals surface area (Å²) in [5.41, 5.74) is 1.26. The van der Waals surface area contributed by atoms with E-state index in [1.165, 1.54) is 5.57 Å². The normalized spacial score (nSPS) is 31.8. The van der Waals surface area contributed by atoms with Crippen LogP contribution in [0, 0.1) is 5.92 Å². The molecule has 0 aromatic heterocycles. The molecule has 2 bridgehead atoms. The number of aldehydes is 1. The van der Waals surface area contributed by atoms with Gasteiger partial charge in [0, 0.05) is 12.5 Å². The van der Waals surface area contributed by atoms with E-state index < -0.39 is 0 Å². The van der Waals surface area contributed by atoms with Gasteiger partial charge in [-0.15, -0.1) is 0 Å². The Balaban J connectivity index is 2.19. The van der Waals surface area contributed by atoms with Crippen molar-refractivity contribution >= 4 is 6.29 Å². The number of carbonyl (C=O) groups is 1. The molecule has 2 unspecified atom stereocenters. The van der Waals surface area contributed by atoms with Crippen LogP contribution in [0.1, 0.15) is 6.42 Å². The van der Waals surface area contributed by atoms with Crippen molar-refractivity contribution < 1.29 is 4.79 Å². The highest BCUT2D eigenvalue weighted by molar-refractivity contribution is 5.59. The molecule has 0 fully saturated rings. The van der Waals surface area contributed by atoms with Gasteiger partial charge in [-0.25, -0.2) is 0 Å². The standard InChI is InChI=1S/C11H13NO/c13-8-11-6-9-3-1-2-4-10(5-9)7-12-11/h1-5,8,10-12H,6-7H2. The van der Waals surface area contributed by atoms with Gasteiger partial charge in [0.2, 0.25) is 0 Å². The van der Waals surface area contributed by atoms with Crippen LogP contribution in [0.25, 0.3) is 0 Å². The Morgan fingerprint density at radius 3 is 3.23 bits per heavy atom. The summed E-state index contributed by atoms with van der Waals surface area (Å²) in [6.45, 7) is 0.866. The van der Waals surface area contributed by atoms with Gasteiger partial charge >= 0.3 is 0 Å². The van der Waals surface area contributed by atoms with Gasteiger partial charge in [0.1, 0.15) is 6.29 Å². The molecule has 1 heterocycles. The van der Waals surface area contributed by atoms with Crippen LogP contribution in [0.2, 0.25) is 0 Å². The lowest BCUT2D eigenvalue weighted by molar-refractivity contribution is -0.109. The maximum Gasteiger partial charge on any atom is 0.137 e. The lowest BCUT2D eigenvalue weighted by atomic mass is 10.1. The Bertz CT molecular complexity index is 288. The fraction of sp³-hybridized carbons (Fsp3) is 0.364. The predicted octanol–water partition coefficient (Wildman–Crippen LogP) is 1.22. The van der Waals surface area contributed by atoms with Crippen molar-refractivity contribution in [1.82, 2.24) is 5.32 Å². The van der Waals surface area contributed by atoms with E-state index in [0.717, 1.165) is 19.3 Å². The second kappa shape index (κ2) is 3.71. The van der Waals surface area contributed by atoms with Crippen molar-refractivity contribution in [3.8, 4) is 0 Å². The van der Waals surface area contributed by atoms with Crippen LogP contribution in [0.5, 0.6) is 0 Å². The SMILES string of the molecule is O=CC1CC2=CC(C=CC=C2)CN1. The van der Waals surface area contributed by atoms with Gasteiger partial charge in [0.05, 0.1) is 6.04 Å². The maximum absolute atomic E-state index is 10.7. The number of rotatable bonds is 1. The third-order valence-corrected chi connectivity index (χ3v) is 2.44. The van der Waals surface area contributed by atoms with Crippen molar-refractivity contribution in [3.63, 3.8) is 0 Å². The van der Waals surface area contributed by atoms with Gasteiger partial charge < -0.3 is 10.1 Å². The molecule has 2 nitrogen and oxygen atoms in total. The third kappa shape index (κ3) is 1.95. The van der Waals surface area contributed by atoms with Crippen LogP contribution in [-0.2, 0) is 4.79 Å². The molecule has 2 rings (SSSR count). The molecule has 1 aliphatic heterocycles. The summed E-state index contributed by atoms with van der Waals surface area (Å²) in [6.07, 6.45) is 12.4. The maximum atomic E-state index is 10.7. The first kappa shape index (κ1) is 8.45. The van der Waals surface area contributed by atoms with E-state index in [-0.39, 0.29) is 6.04 Å². The summed E-state index contributed by atoms with van der Waals surface area (Å²) < 4.78 is 0. The molecule has 2 heteroatoms. The van der Waals surface area contributed by atoms with Crippen molar-refractivity contribution in [2.45, 2.75) is 12.5 Å². The summed E-state index contributed by atoms with van der Waals surface area (Å²) in [5, 5.41) is 3.23. The second-order valence-corrected chi connectivity index (χ2v) is 3.50. The zero-order valence-corrected chi connectivity index (χ0v) is 7.44. The molecule has 1 N–H and O–H groups in total. The molecule has 13 heavy (non-hydrogen) atoms. The van der Waals surface area contributed by atoms with Gasteiger partial charge in [0.15, 0.2) is 0 Å². The summed E-state index contributed by atoms with van der Waals surface area (Å²) in [5.74, 6) is 0.440. The predicted molar refractivity (Wildman–Crippen MR) is 52.3 cm³/mol. The zero-order chi connectivity index (χ0) is 9.10. The average Bonchev–Trinajstić information content (AvgIpc) is 2.49. The number of fused-ring (bicyclic) bond motifs is 1.